The number of aryl methyl sites for hydroxylation is 1. The van der Waals surface area contributed by atoms with Gasteiger partial charge in [-0.2, -0.15) is 5.10 Å². The Hall–Kier alpha value is -3.87. The lowest BCUT2D eigenvalue weighted by Crippen LogP contribution is -2.47. The summed E-state index contributed by atoms with van der Waals surface area (Å²) < 4.78 is 13.8. The monoisotopic (exact) mass is 429 g/mol. The van der Waals surface area contributed by atoms with Crippen LogP contribution < -0.4 is 15.5 Å². The van der Waals surface area contributed by atoms with E-state index in [9.17, 15) is 9.18 Å². The SMILES string of the molecule is O=C(NCC1CCc2cc(F)ccc2N1Cc1ccccc1)Nc1cccc2[nH]ncc12. The molecule has 0 saturated carbocycles. The van der Waals surface area contributed by atoms with Gasteiger partial charge >= 0.3 is 6.03 Å². The molecule has 3 aromatic carbocycles. The first-order valence-electron chi connectivity index (χ1n) is 10.7. The Bertz CT molecular complexity index is 1240. The molecule has 1 unspecified atom stereocenters. The average molecular weight is 429 g/mol. The van der Waals surface area contributed by atoms with Crippen molar-refractivity contribution < 1.29 is 9.18 Å². The number of nitrogens with one attached hydrogen (secondary N) is 3. The summed E-state index contributed by atoms with van der Waals surface area (Å²) in [6.07, 6.45) is 3.31. The number of halogens is 1. The van der Waals surface area contributed by atoms with Crippen LogP contribution in [0.15, 0.2) is 72.9 Å². The quantitative estimate of drug-likeness (QED) is 0.425. The van der Waals surface area contributed by atoms with Crippen molar-refractivity contribution in [3.05, 3.63) is 89.9 Å². The second-order valence-corrected chi connectivity index (χ2v) is 8.05. The zero-order valence-electron chi connectivity index (χ0n) is 17.5. The Kier molecular flexibility index (Phi) is 5.46. The minimum atomic E-state index is -0.261. The summed E-state index contributed by atoms with van der Waals surface area (Å²) in [7, 11) is 0. The van der Waals surface area contributed by atoms with Crippen LogP contribution in [0.25, 0.3) is 10.9 Å². The Morgan fingerprint density at radius 2 is 2.00 bits per heavy atom. The molecule has 0 radical (unpaired) electrons. The molecule has 2 heterocycles. The van der Waals surface area contributed by atoms with E-state index in [4.69, 9.17) is 0 Å². The van der Waals surface area contributed by atoms with Gasteiger partial charge in [0.2, 0.25) is 0 Å². The van der Waals surface area contributed by atoms with Crippen LogP contribution in [0.2, 0.25) is 0 Å². The zero-order valence-corrected chi connectivity index (χ0v) is 17.5. The molecular formula is C25H24FN5O. The van der Waals surface area contributed by atoms with E-state index >= 15 is 0 Å². The largest absolute Gasteiger partial charge is 0.362 e. The number of aromatic amines is 1. The molecule has 7 heteroatoms. The summed E-state index contributed by atoms with van der Waals surface area (Å²) in [5.41, 5.74) is 4.78. The Labute approximate surface area is 185 Å². The molecule has 6 nitrogen and oxygen atoms in total. The number of anilines is 2. The van der Waals surface area contributed by atoms with E-state index in [1.54, 1.807) is 12.3 Å². The maximum absolute atomic E-state index is 13.8. The van der Waals surface area contributed by atoms with Gasteiger partial charge in [0.25, 0.3) is 0 Å². The molecular weight excluding hydrogens is 405 g/mol. The fourth-order valence-electron chi connectivity index (χ4n) is 4.37. The van der Waals surface area contributed by atoms with Gasteiger partial charge in [0.05, 0.1) is 17.4 Å². The van der Waals surface area contributed by atoms with E-state index in [0.717, 1.165) is 35.0 Å². The van der Waals surface area contributed by atoms with Gasteiger partial charge in [-0.05, 0) is 54.3 Å². The summed E-state index contributed by atoms with van der Waals surface area (Å²) in [4.78, 5) is 14.9. The fraction of sp³-hybridized carbons (Fsp3) is 0.200. The van der Waals surface area contributed by atoms with Gasteiger partial charge in [0.15, 0.2) is 0 Å². The van der Waals surface area contributed by atoms with Crippen molar-refractivity contribution in [1.82, 2.24) is 15.5 Å². The van der Waals surface area contributed by atoms with Crippen LogP contribution in [0.5, 0.6) is 0 Å². The van der Waals surface area contributed by atoms with Gasteiger partial charge < -0.3 is 15.5 Å². The highest BCUT2D eigenvalue weighted by Crippen LogP contribution is 2.32. The second-order valence-electron chi connectivity index (χ2n) is 8.05. The topological polar surface area (TPSA) is 73.1 Å². The number of H-pyrrole nitrogens is 1. The van der Waals surface area contributed by atoms with Gasteiger partial charge in [-0.15, -0.1) is 0 Å². The van der Waals surface area contributed by atoms with E-state index in [2.05, 4.69) is 37.9 Å². The summed E-state index contributed by atoms with van der Waals surface area (Å²) in [6, 6.07) is 20.6. The molecule has 1 aromatic heterocycles. The maximum Gasteiger partial charge on any atom is 0.319 e. The third-order valence-electron chi connectivity index (χ3n) is 5.97. The molecule has 0 saturated heterocycles. The lowest BCUT2D eigenvalue weighted by molar-refractivity contribution is 0.251. The molecule has 32 heavy (non-hydrogen) atoms. The predicted molar refractivity (Wildman–Crippen MR) is 124 cm³/mol. The normalized spacial score (nSPS) is 15.4. The number of aromatic nitrogens is 2. The number of hydrogen-bond donors (Lipinski definition) is 3. The van der Waals surface area contributed by atoms with Crippen LogP contribution in [0, 0.1) is 5.82 Å². The van der Waals surface area contributed by atoms with Crippen molar-refractivity contribution >= 4 is 28.3 Å². The number of nitrogens with zero attached hydrogens (tertiary/aromatic N) is 2. The first-order chi connectivity index (χ1) is 15.7. The second kappa shape index (κ2) is 8.70. The molecule has 1 atom stereocenters. The van der Waals surface area contributed by atoms with Crippen LogP contribution in [0.3, 0.4) is 0 Å². The predicted octanol–water partition coefficient (Wildman–Crippen LogP) is 4.85. The van der Waals surface area contributed by atoms with Crippen molar-refractivity contribution in [2.45, 2.75) is 25.4 Å². The molecule has 0 aliphatic carbocycles. The lowest BCUT2D eigenvalue weighted by atomic mass is 9.94. The number of fused-ring (bicyclic) bond motifs is 2. The van der Waals surface area contributed by atoms with Crippen molar-refractivity contribution in [2.75, 3.05) is 16.8 Å². The van der Waals surface area contributed by atoms with E-state index in [1.807, 2.05) is 42.5 Å². The number of rotatable bonds is 5. The van der Waals surface area contributed by atoms with Gasteiger partial charge in [-0.3, -0.25) is 5.10 Å². The van der Waals surface area contributed by atoms with Crippen LogP contribution in [-0.2, 0) is 13.0 Å². The standard InChI is InChI=1S/C25H24FN5O/c26-19-10-12-24-18(13-19)9-11-20(31(24)16-17-5-2-1-3-6-17)14-27-25(32)29-22-7-4-8-23-21(22)15-28-30-23/h1-8,10,12-13,15,20H,9,11,14,16H2,(H,28,30)(H2,27,29,32). The number of benzene rings is 3. The zero-order chi connectivity index (χ0) is 21.9. The van der Waals surface area contributed by atoms with Crippen LogP contribution in [0.1, 0.15) is 17.5 Å². The first-order valence-corrected chi connectivity index (χ1v) is 10.7. The molecule has 1 aliphatic heterocycles. The van der Waals surface area contributed by atoms with Gasteiger partial charge in [-0.1, -0.05) is 36.4 Å². The van der Waals surface area contributed by atoms with Crippen molar-refractivity contribution in [1.29, 1.82) is 0 Å². The summed E-state index contributed by atoms with van der Waals surface area (Å²) in [6.45, 7) is 1.18. The third-order valence-corrected chi connectivity index (χ3v) is 5.97. The van der Waals surface area contributed by atoms with Gasteiger partial charge in [0, 0.05) is 30.2 Å². The fourth-order valence-corrected chi connectivity index (χ4v) is 4.37. The molecule has 1 aliphatic rings. The van der Waals surface area contributed by atoms with Crippen LogP contribution >= 0.6 is 0 Å². The van der Waals surface area contributed by atoms with E-state index < -0.39 is 0 Å². The molecule has 0 spiro atoms. The number of amides is 2. The number of urea groups is 1. The Morgan fingerprint density at radius 1 is 1.12 bits per heavy atom. The molecule has 0 bridgehead atoms. The number of hydrogen-bond acceptors (Lipinski definition) is 3. The summed E-state index contributed by atoms with van der Waals surface area (Å²) in [5, 5.41) is 13.7. The molecule has 0 fully saturated rings. The van der Waals surface area contributed by atoms with Crippen molar-refractivity contribution in [3.63, 3.8) is 0 Å². The third kappa shape index (κ3) is 4.14. The summed E-state index contributed by atoms with van der Waals surface area (Å²) >= 11 is 0. The van der Waals surface area contributed by atoms with E-state index in [-0.39, 0.29) is 17.9 Å². The van der Waals surface area contributed by atoms with Crippen molar-refractivity contribution in [3.8, 4) is 0 Å². The van der Waals surface area contributed by atoms with Gasteiger partial charge in [0.1, 0.15) is 5.82 Å². The first kappa shape index (κ1) is 20.1. The van der Waals surface area contributed by atoms with E-state index in [0.29, 0.717) is 18.8 Å². The minimum Gasteiger partial charge on any atom is -0.362 e. The summed E-state index contributed by atoms with van der Waals surface area (Å²) in [5.74, 6) is -0.215. The smallest absolute Gasteiger partial charge is 0.319 e. The number of carbonyl (C=O) groups excluding carboxylic acids is 1. The van der Waals surface area contributed by atoms with Crippen LogP contribution in [0.4, 0.5) is 20.6 Å². The highest BCUT2D eigenvalue weighted by molar-refractivity contribution is 6.00. The molecule has 2 amide bonds. The number of carbonyl (C=O) groups is 1. The van der Waals surface area contributed by atoms with Crippen LogP contribution in [-0.4, -0.2) is 28.8 Å². The van der Waals surface area contributed by atoms with E-state index in [1.165, 1.54) is 11.6 Å². The molecule has 3 N–H and O–H groups in total. The van der Waals surface area contributed by atoms with Gasteiger partial charge in [-0.25, -0.2) is 9.18 Å². The van der Waals surface area contributed by atoms with Crippen molar-refractivity contribution in [2.24, 2.45) is 0 Å². The minimum absolute atomic E-state index is 0.101. The molecule has 4 aromatic rings. The average Bonchev–Trinajstić information content (AvgIpc) is 3.29. The lowest BCUT2D eigenvalue weighted by Gasteiger charge is -2.39. The Balaban J connectivity index is 1.31. The molecule has 5 rings (SSSR count). The highest BCUT2D eigenvalue weighted by atomic mass is 19.1. The highest BCUT2D eigenvalue weighted by Gasteiger charge is 2.27. The maximum atomic E-state index is 13.8. The Morgan fingerprint density at radius 3 is 2.88 bits per heavy atom. The molecule has 162 valence electrons.